The van der Waals surface area contributed by atoms with Crippen LogP contribution < -0.4 is 10.2 Å². The highest BCUT2D eigenvalue weighted by atomic mass is 16.2. The van der Waals surface area contributed by atoms with E-state index >= 15 is 0 Å². The number of carbonyl (C=O) groups is 2. The summed E-state index contributed by atoms with van der Waals surface area (Å²) in [6.45, 7) is 4.97. The van der Waals surface area contributed by atoms with Gasteiger partial charge in [0, 0.05) is 19.0 Å². The van der Waals surface area contributed by atoms with E-state index in [0.29, 0.717) is 25.2 Å². The number of aryl methyl sites for hydroxylation is 1. The van der Waals surface area contributed by atoms with E-state index in [4.69, 9.17) is 0 Å². The normalized spacial score (nSPS) is 16.8. The number of benzene rings is 2. The molecule has 136 valence electrons. The lowest BCUT2D eigenvalue weighted by atomic mass is 10.1. The third-order valence-corrected chi connectivity index (χ3v) is 4.61. The van der Waals surface area contributed by atoms with E-state index in [1.54, 1.807) is 4.90 Å². The topological polar surface area (TPSA) is 52.7 Å². The molecule has 5 nitrogen and oxygen atoms in total. The molecule has 1 atom stereocenters. The first-order valence-electron chi connectivity index (χ1n) is 8.89. The Hall–Kier alpha value is -2.66. The number of nitrogens with zero attached hydrogens (tertiary/aromatic N) is 2. The lowest BCUT2D eigenvalue weighted by Gasteiger charge is -2.29. The standard InChI is InChI=1S/C21H25N3O2/c1-15-8-10-17(11-9-15)13-23(3)14-21(26)24-16(2)12-20(25)22-18-6-4-5-7-19(18)24/h4-11,16H,12-14H2,1-3H3,(H,22,25)/t16-/m0/s1. The number of fused-ring (bicyclic) bond motifs is 1. The molecule has 1 N–H and O–H groups in total. The van der Waals surface area contributed by atoms with Crippen LogP contribution in [0.2, 0.25) is 0 Å². The molecule has 26 heavy (non-hydrogen) atoms. The minimum absolute atomic E-state index is 0.00365. The number of likely N-dealkylation sites (N-methyl/N-ethyl adjacent to an activating group) is 1. The first-order valence-corrected chi connectivity index (χ1v) is 8.89. The fourth-order valence-electron chi connectivity index (χ4n) is 3.34. The first kappa shape index (κ1) is 18.1. The fraction of sp³-hybridized carbons (Fsp3) is 0.333. The zero-order chi connectivity index (χ0) is 18.7. The molecule has 0 fully saturated rings. The summed E-state index contributed by atoms with van der Waals surface area (Å²) in [5, 5.41) is 2.89. The van der Waals surface area contributed by atoms with Crippen molar-refractivity contribution < 1.29 is 9.59 Å². The van der Waals surface area contributed by atoms with Gasteiger partial charge in [0.1, 0.15) is 0 Å². The number of rotatable bonds is 4. The summed E-state index contributed by atoms with van der Waals surface area (Å²) in [7, 11) is 1.94. The predicted molar refractivity (Wildman–Crippen MR) is 104 cm³/mol. The van der Waals surface area contributed by atoms with Gasteiger partial charge in [-0.05, 0) is 38.6 Å². The van der Waals surface area contributed by atoms with Crippen LogP contribution in [-0.4, -0.2) is 36.3 Å². The largest absolute Gasteiger partial charge is 0.324 e. The molecule has 0 aliphatic carbocycles. The average Bonchev–Trinajstić information content (AvgIpc) is 2.71. The van der Waals surface area contributed by atoms with Crippen LogP contribution in [0.25, 0.3) is 0 Å². The molecule has 5 heteroatoms. The Morgan fingerprint density at radius 3 is 2.62 bits per heavy atom. The maximum Gasteiger partial charge on any atom is 0.241 e. The second kappa shape index (κ2) is 7.70. The number of carbonyl (C=O) groups excluding carboxylic acids is 2. The van der Waals surface area contributed by atoms with E-state index in [1.165, 1.54) is 11.1 Å². The van der Waals surface area contributed by atoms with Gasteiger partial charge in [-0.2, -0.15) is 0 Å². The molecule has 0 bridgehead atoms. The molecule has 0 saturated heterocycles. The fourth-order valence-corrected chi connectivity index (χ4v) is 3.34. The highest BCUT2D eigenvalue weighted by Crippen LogP contribution is 2.31. The smallest absolute Gasteiger partial charge is 0.241 e. The van der Waals surface area contributed by atoms with Crippen molar-refractivity contribution in [3.05, 3.63) is 59.7 Å². The number of hydrogen-bond acceptors (Lipinski definition) is 3. The number of anilines is 2. The molecule has 1 aliphatic heterocycles. The lowest BCUT2D eigenvalue weighted by Crippen LogP contribution is -2.44. The molecule has 0 spiro atoms. The molecule has 0 aromatic heterocycles. The van der Waals surface area contributed by atoms with Gasteiger partial charge in [0.2, 0.25) is 11.8 Å². The van der Waals surface area contributed by atoms with Crippen molar-refractivity contribution in [1.29, 1.82) is 0 Å². The molecule has 1 heterocycles. The van der Waals surface area contributed by atoms with Crippen molar-refractivity contribution in [2.24, 2.45) is 0 Å². The minimum Gasteiger partial charge on any atom is -0.324 e. The Bertz CT molecular complexity index is 801. The molecule has 0 unspecified atom stereocenters. The average molecular weight is 351 g/mol. The van der Waals surface area contributed by atoms with Gasteiger partial charge in [0.25, 0.3) is 0 Å². The van der Waals surface area contributed by atoms with Crippen molar-refractivity contribution in [2.45, 2.75) is 32.9 Å². The van der Waals surface area contributed by atoms with Crippen molar-refractivity contribution in [2.75, 3.05) is 23.8 Å². The molecule has 3 rings (SSSR count). The van der Waals surface area contributed by atoms with E-state index in [0.717, 1.165) is 5.69 Å². The molecule has 1 aliphatic rings. The Morgan fingerprint density at radius 2 is 1.88 bits per heavy atom. The van der Waals surface area contributed by atoms with Crippen LogP contribution in [0.1, 0.15) is 24.5 Å². The van der Waals surface area contributed by atoms with Crippen LogP contribution in [0.3, 0.4) is 0 Å². The second-order valence-electron chi connectivity index (χ2n) is 7.04. The maximum absolute atomic E-state index is 13.0. The third kappa shape index (κ3) is 4.11. The number of hydrogen-bond donors (Lipinski definition) is 1. The third-order valence-electron chi connectivity index (χ3n) is 4.61. The van der Waals surface area contributed by atoms with Gasteiger partial charge in [-0.15, -0.1) is 0 Å². The van der Waals surface area contributed by atoms with E-state index in [9.17, 15) is 9.59 Å². The number of nitrogens with one attached hydrogen (secondary N) is 1. The quantitative estimate of drug-likeness (QED) is 0.920. The monoisotopic (exact) mass is 351 g/mol. The van der Waals surface area contributed by atoms with Gasteiger partial charge < -0.3 is 10.2 Å². The highest BCUT2D eigenvalue weighted by Gasteiger charge is 2.29. The van der Waals surface area contributed by atoms with Crippen LogP contribution in [-0.2, 0) is 16.1 Å². The van der Waals surface area contributed by atoms with Crippen LogP contribution in [0, 0.1) is 6.92 Å². The highest BCUT2D eigenvalue weighted by molar-refractivity contribution is 6.04. The molecule has 0 saturated carbocycles. The van der Waals surface area contributed by atoms with Gasteiger partial charge in [0.05, 0.1) is 17.9 Å². The molecule has 2 amide bonds. The van der Waals surface area contributed by atoms with Gasteiger partial charge in [0.15, 0.2) is 0 Å². The van der Waals surface area contributed by atoms with Gasteiger partial charge in [-0.3, -0.25) is 14.5 Å². The maximum atomic E-state index is 13.0. The lowest BCUT2D eigenvalue weighted by molar-refractivity contribution is -0.120. The van der Waals surface area contributed by atoms with E-state index in [1.807, 2.05) is 43.1 Å². The van der Waals surface area contributed by atoms with Crippen molar-refractivity contribution in [1.82, 2.24) is 4.90 Å². The first-order chi connectivity index (χ1) is 12.4. The Kier molecular flexibility index (Phi) is 5.38. The molecule has 2 aromatic rings. The summed E-state index contributed by atoms with van der Waals surface area (Å²) < 4.78 is 0. The zero-order valence-corrected chi connectivity index (χ0v) is 15.5. The van der Waals surface area contributed by atoms with Gasteiger partial charge in [-0.25, -0.2) is 0 Å². The van der Waals surface area contributed by atoms with Crippen molar-refractivity contribution in [3.63, 3.8) is 0 Å². The molecule has 2 aromatic carbocycles. The Morgan fingerprint density at radius 1 is 1.19 bits per heavy atom. The van der Waals surface area contributed by atoms with Crippen LogP contribution in [0.4, 0.5) is 11.4 Å². The molecule has 0 radical (unpaired) electrons. The summed E-state index contributed by atoms with van der Waals surface area (Å²) in [6.07, 6.45) is 0.294. The van der Waals surface area contributed by atoms with E-state index in [-0.39, 0.29) is 17.9 Å². The number of para-hydroxylation sites is 2. The zero-order valence-electron chi connectivity index (χ0n) is 15.5. The molecular weight excluding hydrogens is 326 g/mol. The Balaban J connectivity index is 1.75. The van der Waals surface area contributed by atoms with Crippen LogP contribution in [0.5, 0.6) is 0 Å². The SMILES string of the molecule is Cc1ccc(CN(C)CC(=O)N2c3ccccc3NC(=O)C[C@@H]2C)cc1. The van der Waals surface area contributed by atoms with E-state index in [2.05, 4.69) is 36.5 Å². The second-order valence-corrected chi connectivity index (χ2v) is 7.04. The van der Waals surface area contributed by atoms with Crippen molar-refractivity contribution in [3.8, 4) is 0 Å². The van der Waals surface area contributed by atoms with Crippen LogP contribution in [0.15, 0.2) is 48.5 Å². The summed E-state index contributed by atoms with van der Waals surface area (Å²) >= 11 is 0. The summed E-state index contributed by atoms with van der Waals surface area (Å²) in [5.74, 6) is -0.0654. The van der Waals surface area contributed by atoms with E-state index < -0.39 is 0 Å². The summed E-state index contributed by atoms with van der Waals surface area (Å²) in [6, 6.07) is 15.6. The summed E-state index contributed by atoms with van der Waals surface area (Å²) in [5.41, 5.74) is 3.85. The van der Waals surface area contributed by atoms with Crippen molar-refractivity contribution >= 4 is 23.2 Å². The number of amides is 2. The molecular formula is C21H25N3O2. The van der Waals surface area contributed by atoms with Gasteiger partial charge >= 0.3 is 0 Å². The predicted octanol–water partition coefficient (Wildman–Crippen LogP) is 3.19. The summed E-state index contributed by atoms with van der Waals surface area (Å²) in [4.78, 5) is 28.8. The Labute approximate surface area is 154 Å². The van der Waals surface area contributed by atoms with Crippen LogP contribution >= 0.6 is 0 Å². The minimum atomic E-state index is -0.182. The van der Waals surface area contributed by atoms with Gasteiger partial charge in [-0.1, -0.05) is 42.0 Å².